The summed E-state index contributed by atoms with van der Waals surface area (Å²) in [6, 6.07) is -1.13. The number of aliphatic carboxylic acids is 2. The molecule has 0 heterocycles. The van der Waals surface area contributed by atoms with Crippen LogP contribution in [-0.4, -0.2) is 34.1 Å². The molecule has 0 aromatic carbocycles. The fourth-order valence-corrected chi connectivity index (χ4v) is 2.98. The van der Waals surface area contributed by atoms with E-state index in [1.807, 2.05) is 13.8 Å². The van der Waals surface area contributed by atoms with E-state index in [0.29, 0.717) is 12.3 Å². The first-order chi connectivity index (χ1) is 11.8. The number of allylic oxidation sites excluding steroid dienone is 2. The lowest BCUT2D eigenvalue weighted by Gasteiger charge is -2.28. The van der Waals surface area contributed by atoms with Gasteiger partial charge in [0.1, 0.15) is 6.04 Å². The van der Waals surface area contributed by atoms with E-state index in [1.165, 1.54) is 12.0 Å². The highest BCUT2D eigenvalue weighted by Gasteiger charge is 2.22. The Morgan fingerprint density at radius 2 is 1.72 bits per heavy atom. The lowest BCUT2D eigenvalue weighted by Crippen LogP contribution is -2.41. The quantitative estimate of drug-likeness (QED) is 0.490. The van der Waals surface area contributed by atoms with Crippen LogP contribution in [0.1, 0.15) is 79.1 Å². The zero-order valence-electron chi connectivity index (χ0n) is 15.9. The second-order valence-electron chi connectivity index (χ2n) is 6.17. The Morgan fingerprint density at radius 3 is 2.16 bits per heavy atom. The molecule has 0 fully saturated rings. The number of carbonyl (C=O) groups is 3. The van der Waals surface area contributed by atoms with Crippen molar-refractivity contribution in [3.63, 3.8) is 0 Å². The molecule has 0 aromatic rings. The lowest BCUT2D eigenvalue weighted by molar-refractivity contribution is -0.143. The van der Waals surface area contributed by atoms with E-state index in [-0.39, 0.29) is 25.2 Å². The third-order valence-corrected chi connectivity index (χ3v) is 4.49. The summed E-state index contributed by atoms with van der Waals surface area (Å²) in [5.41, 5.74) is 3.07. The van der Waals surface area contributed by atoms with Gasteiger partial charge in [-0.3, -0.25) is 9.59 Å². The molecule has 1 rings (SSSR count). The molecule has 0 aromatic heterocycles. The van der Waals surface area contributed by atoms with Crippen molar-refractivity contribution >= 4 is 17.8 Å². The fourth-order valence-electron chi connectivity index (χ4n) is 2.98. The summed E-state index contributed by atoms with van der Waals surface area (Å²) >= 11 is 0. The van der Waals surface area contributed by atoms with Gasteiger partial charge in [-0.25, -0.2) is 4.79 Å². The molecule has 3 N–H and O–H groups in total. The van der Waals surface area contributed by atoms with Crippen LogP contribution in [0.5, 0.6) is 0 Å². The number of hydrogen-bond donors (Lipinski definition) is 3. The van der Waals surface area contributed by atoms with Crippen LogP contribution in [0.4, 0.5) is 0 Å². The number of hydrogen-bond acceptors (Lipinski definition) is 3. The van der Waals surface area contributed by atoms with Crippen LogP contribution < -0.4 is 5.32 Å². The summed E-state index contributed by atoms with van der Waals surface area (Å²) in [5.74, 6) is -2.11. The van der Waals surface area contributed by atoms with Gasteiger partial charge in [-0.05, 0) is 44.4 Å². The zero-order valence-corrected chi connectivity index (χ0v) is 15.9. The van der Waals surface area contributed by atoms with Gasteiger partial charge >= 0.3 is 11.9 Å². The van der Waals surface area contributed by atoms with Gasteiger partial charge in [0.2, 0.25) is 5.91 Å². The molecular weight excluding hydrogens is 322 g/mol. The van der Waals surface area contributed by atoms with Gasteiger partial charge in [-0.1, -0.05) is 38.8 Å². The van der Waals surface area contributed by atoms with Crippen LogP contribution >= 0.6 is 0 Å². The van der Waals surface area contributed by atoms with E-state index in [0.717, 1.165) is 19.3 Å². The summed E-state index contributed by atoms with van der Waals surface area (Å²) in [6.45, 7) is 8.34. The van der Waals surface area contributed by atoms with E-state index in [2.05, 4.69) is 19.2 Å². The smallest absolute Gasteiger partial charge is 0.326 e. The largest absolute Gasteiger partial charge is 0.481 e. The van der Waals surface area contributed by atoms with Gasteiger partial charge in [-0.15, -0.1) is 0 Å². The van der Waals surface area contributed by atoms with Crippen molar-refractivity contribution in [1.29, 1.82) is 0 Å². The molecule has 6 nitrogen and oxygen atoms in total. The van der Waals surface area contributed by atoms with Gasteiger partial charge < -0.3 is 15.5 Å². The molecular formula is C19H33NO5. The number of rotatable bonds is 11. The molecule has 1 aliphatic carbocycles. The summed E-state index contributed by atoms with van der Waals surface area (Å²) in [7, 11) is 0. The SMILES string of the molecule is CC.CCC1=C(C(C)CCCC(=O)NC(CCC(=O)O)C(=O)O)CC1. The number of carboxylic acid groups (broad SMARTS) is 2. The van der Waals surface area contributed by atoms with Gasteiger partial charge in [0.15, 0.2) is 0 Å². The molecule has 2 atom stereocenters. The van der Waals surface area contributed by atoms with Gasteiger partial charge in [-0.2, -0.15) is 0 Å². The fraction of sp³-hybridized carbons (Fsp3) is 0.737. The first-order valence-electron chi connectivity index (χ1n) is 9.29. The first-order valence-corrected chi connectivity index (χ1v) is 9.29. The van der Waals surface area contributed by atoms with Crippen molar-refractivity contribution in [2.24, 2.45) is 5.92 Å². The number of nitrogens with one attached hydrogen (secondary N) is 1. The van der Waals surface area contributed by atoms with Crippen LogP contribution in [0.25, 0.3) is 0 Å². The van der Waals surface area contributed by atoms with Gasteiger partial charge in [0.05, 0.1) is 0 Å². The minimum atomic E-state index is -1.19. The number of carbonyl (C=O) groups excluding carboxylic acids is 1. The lowest BCUT2D eigenvalue weighted by atomic mass is 9.78. The van der Waals surface area contributed by atoms with Crippen LogP contribution in [-0.2, 0) is 14.4 Å². The highest BCUT2D eigenvalue weighted by atomic mass is 16.4. The molecule has 0 spiro atoms. The van der Waals surface area contributed by atoms with E-state index >= 15 is 0 Å². The topological polar surface area (TPSA) is 104 Å². The Kier molecular flexibility index (Phi) is 11.6. The monoisotopic (exact) mass is 355 g/mol. The average molecular weight is 355 g/mol. The highest BCUT2D eigenvalue weighted by Crippen LogP contribution is 2.37. The first kappa shape index (κ1) is 23.1. The van der Waals surface area contributed by atoms with Crippen LogP contribution in [0.3, 0.4) is 0 Å². The molecule has 0 bridgehead atoms. The average Bonchev–Trinajstić information content (AvgIpc) is 2.52. The van der Waals surface area contributed by atoms with E-state index in [1.54, 1.807) is 5.57 Å². The Bertz CT molecular complexity index is 484. The van der Waals surface area contributed by atoms with Crippen molar-refractivity contribution in [3.8, 4) is 0 Å². The summed E-state index contributed by atoms with van der Waals surface area (Å²) in [5, 5.41) is 20.0. The summed E-state index contributed by atoms with van der Waals surface area (Å²) < 4.78 is 0. The molecule has 1 amide bonds. The normalized spacial score (nSPS) is 15.4. The molecule has 0 saturated heterocycles. The minimum Gasteiger partial charge on any atom is -0.481 e. The maximum absolute atomic E-state index is 11.8. The Labute approximate surface area is 150 Å². The number of amides is 1. The zero-order chi connectivity index (χ0) is 19.4. The van der Waals surface area contributed by atoms with Gasteiger partial charge in [0.25, 0.3) is 0 Å². The van der Waals surface area contributed by atoms with Crippen molar-refractivity contribution in [1.82, 2.24) is 5.32 Å². The maximum Gasteiger partial charge on any atom is 0.326 e. The molecule has 25 heavy (non-hydrogen) atoms. The third-order valence-electron chi connectivity index (χ3n) is 4.49. The molecule has 0 radical (unpaired) electrons. The molecule has 144 valence electrons. The molecule has 0 aliphatic heterocycles. The van der Waals surface area contributed by atoms with Crippen molar-refractivity contribution < 1.29 is 24.6 Å². The summed E-state index contributed by atoms with van der Waals surface area (Å²) in [6.07, 6.45) is 4.98. The Balaban J connectivity index is 0.00000277. The Hall–Kier alpha value is -1.85. The van der Waals surface area contributed by atoms with Crippen LogP contribution in [0, 0.1) is 5.92 Å². The predicted octanol–water partition coefficient (Wildman–Crippen LogP) is 3.75. The summed E-state index contributed by atoms with van der Waals surface area (Å²) in [4.78, 5) is 33.3. The minimum absolute atomic E-state index is 0.0977. The molecule has 2 unspecified atom stereocenters. The van der Waals surface area contributed by atoms with E-state index in [4.69, 9.17) is 10.2 Å². The number of carboxylic acids is 2. The van der Waals surface area contributed by atoms with Crippen LogP contribution in [0.15, 0.2) is 11.1 Å². The second kappa shape index (κ2) is 12.5. The van der Waals surface area contributed by atoms with Crippen LogP contribution in [0.2, 0.25) is 0 Å². The third kappa shape index (κ3) is 8.70. The predicted molar refractivity (Wildman–Crippen MR) is 97.4 cm³/mol. The maximum atomic E-state index is 11.8. The Morgan fingerprint density at radius 1 is 1.08 bits per heavy atom. The van der Waals surface area contributed by atoms with Gasteiger partial charge in [0, 0.05) is 12.8 Å². The standard InChI is InChI=1S/C17H27NO5.C2H6/c1-3-12-7-8-13(12)11(2)5-4-6-15(19)18-14(17(22)23)9-10-16(20)21;1-2/h11,14H,3-10H2,1-2H3,(H,18,19)(H,20,21)(H,22,23);1-2H3. The second-order valence-corrected chi connectivity index (χ2v) is 6.17. The molecule has 0 saturated carbocycles. The molecule has 6 heteroatoms. The van der Waals surface area contributed by atoms with Crippen molar-refractivity contribution in [2.45, 2.75) is 85.1 Å². The molecule has 1 aliphatic rings. The highest BCUT2D eigenvalue weighted by molar-refractivity contribution is 5.83. The van der Waals surface area contributed by atoms with E-state index in [9.17, 15) is 14.4 Å². The van der Waals surface area contributed by atoms with Crippen molar-refractivity contribution in [2.75, 3.05) is 0 Å². The van der Waals surface area contributed by atoms with Crippen molar-refractivity contribution in [3.05, 3.63) is 11.1 Å². The van der Waals surface area contributed by atoms with E-state index < -0.39 is 18.0 Å².